The minimum absolute atomic E-state index is 0.205. The number of hydrogen-bond donors (Lipinski definition) is 0. The third-order valence-electron chi connectivity index (χ3n) is 5.41. The van der Waals surface area contributed by atoms with Crippen molar-refractivity contribution >= 4 is 12.0 Å². The zero-order valence-electron chi connectivity index (χ0n) is 15.4. The van der Waals surface area contributed by atoms with Gasteiger partial charge in [0.05, 0.1) is 0 Å². The lowest BCUT2D eigenvalue weighted by Gasteiger charge is -2.44. The van der Waals surface area contributed by atoms with Gasteiger partial charge in [0.25, 0.3) is 0 Å². The maximum atomic E-state index is 12.6. The van der Waals surface area contributed by atoms with E-state index in [4.69, 9.17) is 4.74 Å². The highest BCUT2D eigenvalue weighted by Crippen LogP contribution is 2.36. The number of likely N-dealkylation sites (tertiary alicyclic amines) is 2. The first-order valence-electron chi connectivity index (χ1n) is 9.63. The summed E-state index contributed by atoms with van der Waals surface area (Å²) in [5.41, 5.74) is -0.456. The fraction of sp³-hybridized carbons (Fsp3) is 0.895. The predicted octanol–water partition coefficient (Wildman–Crippen LogP) is 3.42. The molecule has 1 saturated carbocycles. The molecule has 0 N–H and O–H groups in total. The minimum Gasteiger partial charge on any atom is -0.444 e. The van der Waals surface area contributed by atoms with Gasteiger partial charge in [-0.2, -0.15) is 0 Å². The highest BCUT2D eigenvalue weighted by Gasteiger charge is 2.41. The zero-order valence-corrected chi connectivity index (χ0v) is 15.4. The maximum absolute atomic E-state index is 12.6. The molecule has 2 saturated heterocycles. The Labute approximate surface area is 145 Å². The topological polar surface area (TPSA) is 49.9 Å². The normalized spacial score (nSPS) is 28.6. The van der Waals surface area contributed by atoms with Crippen molar-refractivity contribution in [1.82, 2.24) is 9.80 Å². The fourth-order valence-electron chi connectivity index (χ4n) is 4.10. The monoisotopic (exact) mass is 336 g/mol. The molecule has 2 amide bonds. The molecule has 0 spiro atoms. The van der Waals surface area contributed by atoms with E-state index in [0.29, 0.717) is 17.9 Å². The van der Waals surface area contributed by atoms with Gasteiger partial charge in [0.15, 0.2) is 0 Å². The number of piperidine rings is 2. The van der Waals surface area contributed by atoms with Crippen LogP contribution in [0.15, 0.2) is 0 Å². The second-order valence-electron chi connectivity index (χ2n) is 8.70. The Kier molecular flexibility index (Phi) is 5.07. The average Bonchev–Trinajstić information content (AvgIpc) is 3.38. The van der Waals surface area contributed by atoms with Gasteiger partial charge >= 0.3 is 6.09 Å². The van der Waals surface area contributed by atoms with Crippen LogP contribution in [0.25, 0.3) is 0 Å². The van der Waals surface area contributed by atoms with Crippen molar-refractivity contribution in [2.45, 2.75) is 77.4 Å². The summed E-state index contributed by atoms with van der Waals surface area (Å²) in [6.45, 7) is 8.13. The SMILES string of the molecule is CC(C)(C)OC(=O)N1CCC[C@H]([C@@H]2CCCCN2C(=O)C2CC2)C1. The molecule has 5 heteroatoms. The van der Waals surface area contributed by atoms with Crippen molar-refractivity contribution in [3.05, 3.63) is 0 Å². The van der Waals surface area contributed by atoms with E-state index < -0.39 is 5.60 Å². The third-order valence-corrected chi connectivity index (χ3v) is 5.41. The molecule has 0 aromatic carbocycles. The number of nitrogens with zero attached hydrogens (tertiary/aromatic N) is 2. The second kappa shape index (κ2) is 6.93. The Hall–Kier alpha value is -1.26. The molecular weight excluding hydrogens is 304 g/mol. The van der Waals surface area contributed by atoms with Crippen molar-refractivity contribution in [2.75, 3.05) is 19.6 Å². The van der Waals surface area contributed by atoms with E-state index in [-0.39, 0.29) is 12.0 Å². The molecule has 0 radical (unpaired) electrons. The second-order valence-corrected chi connectivity index (χ2v) is 8.70. The van der Waals surface area contributed by atoms with E-state index in [0.717, 1.165) is 58.2 Å². The van der Waals surface area contributed by atoms with E-state index in [1.807, 2.05) is 25.7 Å². The molecule has 2 atom stereocenters. The van der Waals surface area contributed by atoms with Crippen LogP contribution >= 0.6 is 0 Å². The lowest BCUT2D eigenvalue weighted by Crippen LogP contribution is -2.53. The molecule has 3 aliphatic rings. The molecule has 3 fully saturated rings. The number of rotatable bonds is 2. The molecule has 0 aromatic rings. The van der Waals surface area contributed by atoms with Crippen molar-refractivity contribution in [2.24, 2.45) is 11.8 Å². The first-order chi connectivity index (χ1) is 11.3. The Morgan fingerprint density at radius 3 is 2.38 bits per heavy atom. The van der Waals surface area contributed by atoms with E-state index in [1.165, 1.54) is 6.42 Å². The number of ether oxygens (including phenoxy) is 1. The number of hydrogen-bond acceptors (Lipinski definition) is 3. The summed E-state index contributed by atoms with van der Waals surface area (Å²) in [7, 11) is 0. The van der Waals surface area contributed by atoms with Gasteiger partial charge < -0.3 is 14.5 Å². The molecule has 0 unspecified atom stereocenters. The van der Waals surface area contributed by atoms with Crippen LogP contribution in [-0.2, 0) is 9.53 Å². The first kappa shape index (κ1) is 17.6. The van der Waals surface area contributed by atoms with Crippen LogP contribution in [0.4, 0.5) is 4.79 Å². The Balaban J connectivity index is 1.64. The van der Waals surface area contributed by atoms with Crippen LogP contribution in [0.5, 0.6) is 0 Å². The van der Waals surface area contributed by atoms with Crippen LogP contribution in [0.1, 0.15) is 65.7 Å². The molecule has 2 heterocycles. The minimum atomic E-state index is -0.456. The molecule has 24 heavy (non-hydrogen) atoms. The molecular formula is C19H32N2O3. The van der Waals surface area contributed by atoms with Crippen molar-refractivity contribution < 1.29 is 14.3 Å². The maximum Gasteiger partial charge on any atom is 0.410 e. The Bertz CT molecular complexity index is 481. The van der Waals surface area contributed by atoms with Crippen LogP contribution in [0.2, 0.25) is 0 Å². The fourth-order valence-corrected chi connectivity index (χ4v) is 4.10. The summed E-state index contributed by atoms with van der Waals surface area (Å²) < 4.78 is 5.54. The lowest BCUT2D eigenvalue weighted by molar-refractivity contribution is -0.138. The molecule has 0 aromatic heterocycles. The van der Waals surface area contributed by atoms with E-state index in [2.05, 4.69) is 4.90 Å². The molecule has 3 rings (SSSR count). The molecule has 2 aliphatic heterocycles. The summed E-state index contributed by atoms with van der Waals surface area (Å²) >= 11 is 0. The lowest BCUT2D eigenvalue weighted by atomic mass is 9.84. The van der Waals surface area contributed by atoms with Gasteiger partial charge in [-0.1, -0.05) is 0 Å². The predicted molar refractivity (Wildman–Crippen MR) is 92.6 cm³/mol. The van der Waals surface area contributed by atoms with Gasteiger partial charge in [0.2, 0.25) is 5.91 Å². The summed E-state index contributed by atoms with van der Waals surface area (Å²) in [6.07, 6.45) is 7.45. The summed E-state index contributed by atoms with van der Waals surface area (Å²) in [5.74, 6) is 1.06. The van der Waals surface area contributed by atoms with Gasteiger partial charge in [-0.25, -0.2) is 4.79 Å². The van der Waals surface area contributed by atoms with Gasteiger partial charge in [-0.15, -0.1) is 0 Å². The van der Waals surface area contributed by atoms with Crippen LogP contribution in [0.3, 0.4) is 0 Å². The Morgan fingerprint density at radius 1 is 0.958 bits per heavy atom. The van der Waals surface area contributed by atoms with Gasteiger partial charge in [0, 0.05) is 31.6 Å². The summed E-state index contributed by atoms with van der Waals surface area (Å²) in [6, 6.07) is 0.317. The van der Waals surface area contributed by atoms with Crippen LogP contribution in [0, 0.1) is 11.8 Å². The highest BCUT2D eigenvalue weighted by molar-refractivity contribution is 5.81. The summed E-state index contributed by atoms with van der Waals surface area (Å²) in [4.78, 5) is 29.0. The van der Waals surface area contributed by atoms with E-state index in [9.17, 15) is 9.59 Å². The molecule has 5 nitrogen and oxygen atoms in total. The molecule has 136 valence electrons. The number of carbonyl (C=O) groups is 2. The largest absolute Gasteiger partial charge is 0.444 e. The number of carbonyl (C=O) groups excluding carboxylic acids is 2. The van der Waals surface area contributed by atoms with E-state index >= 15 is 0 Å². The molecule has 1 aliphatic carbocycles. The quantitative estimate of drug-likeness (QED) is 0.776. The highest BCUT2D eigenvalue weighted by atomic mass is 16.6. The third kappa shape index (κ3) is 4.22. The van der Waals surface area contributed by atoms with Gasteiger partial charge in [0.1, 0.15) is 5.60 Å². The Morgan fingerprint density at radius 2 is 1.71 bits per heavy atom. The van der Waals surface area contributed by atoms with Crippen LogP contribution in [-0.4, -0.2) is 53.1 Å². The average molecular weight is 336 g/mol. The molecule has 0 bridgehead atoms. The van der Waals surface area contributed by atoms with Crippen molar-refractivity contribution in [1.29, 1.82) is 0 Å². The van der Waals surface area contributed by atoms with E-state index in [1.54, 1.807) is 0 Å². The van der Waals surface area contributed by atoms with Crippen molar-refractivity contribution in [3.63, 3.8) is 0 Å². The smallest absolute Gasteiger partial charge is 0.410 e. The zero-order chi connectivity index (χ0) is 17.3. The van der Waals surface area contributed by atoms with Crippen molar-refractivity contribution in [3.8, 4) is 0 Å². The first-order valence-corrected chi connectivity index (χ1v) is 9.63. The van der Waals surface area contributed by atoms with Gasteiger partial charge in [-0.05, 0) is 71.6 Å². The van der Waals surface area contributed by atoms with Crippen LogP contribution < -0.4 is 0 Å². The standard InChI is InChI=1S/C19H32N2O3/c1-19(2,3)24-18(23)20-11-6-7-15(13-20)16-8-4-5-12-21(16)17(22)14-9-10-14/h14-16H,4-13H2,1-3H3/t15-,16-/m0/s1. The van der Waals surface area contributed by atoms with Gasteiger partial charge in [-0.3, -0.25) is 4.79 Å². The number of amides is 2. The summed E-state index contributed by atoms with van der Waals surface area (Å²) in [5, 5.41) is 0.